The highest BCUT2D eigenvalue weighted by atomic mass is 32.2. The first-order chi connectivity index (χ1) is 21.8. The largest absolute Gasteiger partial charge is 0.389 e. The number of carbonyl (C=O) groups excluding carboxylic acids is 2. The van der Waals surface area contributed by atoms with Crippen LogP contribution in [0.3, 0.4) is 0 Å². The van der Waals surface area contributed by atoms with Gasteiger partial charge in [-0.05, 0) is 68.8 Å². The number of hydrogen-bond donors (Lipinski definition) is 3. The van der Waals surface area contributed by atoms with Gasteiger partial charge >= 0.3 is 0 Å². The number of sulfonamides is 1. The zero-order chi connectivity index (χ0) is 33.1. The van der Waals surface area contributed by atoms with Gasteiger partial charge in [0.1, 0.15) is 5.69 Å². The van der Waals surface area contributed by atoms with Crippen molar-refractivity contribution in [1.82, 2.24) is 24.3 Å². The molecule has 3 N–H and O–H groups in total. The van der Waals surface area contributed by atoms with Gasteiger partial charge in [-0.3, -0.25) is 24.5 Å². The van der Waals surface area contributed by atoms with Crippen molar-refractivity contribution in [2.24, 2.45) is 0 Å². The third kappa shape index (κ3) is 8.35. The molecule has 46 heavy (non-hydrogen) atoms. The van der Waals surface area contributed by atoms with Crippen molar-refractivity contribution in [2.45, 2.75) is 32.5 Å². The average molecular weight is 644 g/mol. The minimum Gasteiger partial charge on any atom is -0.389 e. The van der Waals surface area contributed by atoms with Crippen molar-refractivity contribution in [3.05, 3.63) is 82.7 Å². The van der Waals surface area contributed by atoms with Crippen LogP contribution < -0.4 is 10.0 Å². The van der Waals surface area contributed by atoms with Crippen LogP contribution in [0.4, 0.5) is 11.6 Å². The number of aldehydes is 1. The summed E-state index contributed by atoms with van der Waals surface area (Å²) in [5, 5.41) is 13.6. The summed E-state index contributed by atoms with van der Waals surface area (Å²) in [7, 11) is -1.48. The van der Waals surface area contributed by atoms with Crippen molar-refractivity contribution in [1.29, 1.82) is 0 Å². The first-order valence-electron chi connectivity index (χ1n) is 14.8. The van der Waals surface area contributed by atoms with E-state index in [-0.39, 0.29) is 29.1 Å². The standard InChI is InChI=1S/C33H37N7O5S/c1-33(2,43)22-40-30-18-23(20-39-16-14-38(3)15-17-39)8-11-29(30)35-32(40)36-31(42)25-12-13-34-26(19-25)10-9-24-6-5-7-28(27(24)21-41)37-46(4,44)45/h5-8,11-13,18-19,21,37,43H,14-17,20,22H2,1-4H3,(H,35,36,42). The number of rotatable bonds is 9. The highest BCUT2D eigenvalue weighted by molar-refractivity contribution is 7.92. The van der Waals surface area contributed by atoms with Gasteiger partial charge in [0.15, 0.2) is 6.29 Å². The Morgan fingerprint density at radius 3 is 2.54 bits per heavy atom. The SMILES string of the molecule is CN1CCN(Cc2ccc3nc(NC(=O)c4ccnc(C#Cc5cccc(NS(C)(=O)=O)c5C=O)c4)n(CC(C)(C)O)c3c2)CC1. The first kappa shape index (κ1) is 32.8. The van der Waals surface area contributed by atoms with E-state index in [4.69, 9.17) is 0 Å². The van der Waals surface area contributed by atoms with Gasteiger partial charge in [-0.2, -0.15) is 0 Å². The lowest BCUT2D eigenvalue weighted by Crippen LogP contribution is -2.43. The molecule has 12 nitrogen and oxygen atoms in total. The van der Waals surface area contributed by atoms with Crippen LogP contribution in [-0.4, -0.2) is 95.1 Å². The number of amides is 1. The quantitative estimate of drug-likeness (QED) is 0.185. The van der Waals surface area contributed by atoms with Crippen LogP contribution in [0.5, 0.6) is 0 Å². The van der Waals surface area contributed by atoms with Crippen molar-refractivity contribution >= 4 is 44.9 Å². The molecular formula is C33H37N7O5S. The zero-order valence-electron chi connectivity index (χ0n) is 26.2. The van der Waals surface area contributed by atoms with E-state index in [9.17, 15) is 23.1 Å². The smallest absolute Gasteiger partial charge is 0.258 e. The molecule has 240 valence electrons. The van der Waals surface area contributed by atoms with Crippen LogP contribution in [-0.2, 0) is 23.1 Å². The summed E-state index contributed by atoms with van der Waals surface area (Å²) >= 11 is 0. The van der Waals surface area contributed by atoms with Crippen LogP contribution >= 0.6 is 0 Å². The fraction of sp³-hybridized carbons (Fsp3) is 0.333. The maximum Gasteiger partial charge on any atom is 0.258 e. The van der Waals surface area contributed by atoms with E-state index in [1.807, 2.05) is 16.7 Å². The molecule has 0 spiro atoms. The molecule has 2 aromatic carbocycles. The van der Waals surface area contributed by atoms with Gasteiger partial charge in [0.25, 0.3) is 5.91 Å². The molecule has 1 amide bonds. The van der Waals surface area contributed by atoms with Crippen molar-refractivity contribution < 1.29 is 23.1 Å². The summed E-state index contributed by atoms with van der Waals surface area (Å²) < 4.78 is 27.5. The van der Waals surface area contributed by atoms with Crippen LogP contribution in [0.2, 0.25) is 0 Å². The molecular weight excluding hydrogens is 606 g/mol. The van der Waals surface area contributed by atoms with Gasteiger partial charge in [0, 0.05) is 50.0 Å². The van der Waals surface area contributed by atoms with E-state index in [0.717, 1.165) is 50.1 Å². The second-order valence-electron chi connectivity index (χ2n) is 12.1. The molecule has 0 bridgehead atoms. The molecule has 5 rings (SSSR count). The number of aromatic nitrogens is 3. The molecule has 1 fully saturated rings. The molecule has 0 unspecified atom stereocenters. The van der Waals surface area contributed by atoms with E-state index in [0.29, 0.717) is 23.3 Å². The summed E-state index contributed by atoms with van der Waals surface area (Å²) in [6.07, 6.45) is 2.97. The second kappa shape index (κ2) is 13.4. The van der Waals surface area contributed by atoms with E-state index in [1.54, 1.807) is 32.0 Å². The summed E-state index contributed by atoms with van der Waals surface area (Å²) in [5.41, 5.74) is 2.61. The predicted molar refractivity (Wildman–Crippen MR) is 177 cm³/mol. The number of hydrogen-bond acceptors (Lipinski definition) is 9. The third-order valence-corrected chi connectivity index (χ3v) is 8.04. The number of anilines is 2. The molecule has 3 heterocycles. The van der Waals surface area contributed by atoms with Crippen LogP contribution in [0.1, 0.15) is 51.4 Å². The lowest BCUT2D eigenvalue weighted by molar-refractivity contribution is 0.0630. The normalized spacial score (nSPS) is 14.5. The highest BCUT2D eigenvalue weighted by Crippen LogP contribution is 2.25. The minimum atomic E-state index is -3.60. The number of carbonyl (C=O) groups is 2. The maximum atomic E-state index is 13.4. The number of fused-ring (bicyclic) bond motifs is 1. The van der Waals surface area contributed by atoms with Crippen LogP contribution in [0, 0.1) is 11.8 Å². The Morgan fingerprint density at radius 2 is 1.85 bits per heavy atom. The second-order valence-corrected chi connectivity index (χ2v) is 13.9. The van der Waals surface area contributed by atoms with Crippen molar-refractivity contribution in [3.63, 3.8) is 0 Å². The van der Waals surface area contributed by atoms with Gasteiger partial charge < -0.3 is 14.6 Å². The van der Waals surface area contributed by atoms with Crippen LogP contribution in [0.25, 0.3) is 11.0 Å². The molecule has 0 aliphatic carbocycles. The summed E-state index contributed by atoms with van der Waals surface area (Å²) in [5.74, 6) is 5.56. The average Bonchev–Trinajstić information content (AvgIpc) is 3.31. The summed E-state index contributed by atoms with van der Waals surface area (Å²) in [4.78, 5) is 38.8. The van der Waals surface area contributed by atoms with Gasteiger partial charge in [-0.15, -0.1) is 0 Å². The lowest BCUT2D eigenvalue weighted by atomic mass is 10.1. The van der Waals surface area contributed by atoms with Gasteiger partial charge in [0.05, 0.1) is 40.7 Å². The Bertz CT molecular complexity index is 1950. The molecule has 4 aromatic rings. The van der Waals surface area contributed by atoms with E-state index in [2.05, 4.69) is 54.8 Å². The fourth-order valence-electron chi connectivity index (χ4n) is 5.21. The number of nitrogens with zero attached hydrogens (tertiary/aromatic N) is 5. The minimum absolute atomic E-state index is 0.0896. The number of aliphatic hydroxyl groups is 1. The van der Waals surface area contributed by atoms with Crippen molar-refractivity contribution in [3.8, 4) is 11.8 Å². The number of likely N-dealkylation sites (N-methyl/N-ethyl adjacent to an activating group) is 1. The number of piperazine rings is 1. The Kier molecular flexibility index (Phi) is 9.55. The molecule has 0 radical (unpaired) electrons. The van der Waals surface area contributed by atoms with Gasteiger partial charge in [0.2, 0.25) is 16.0 Å². The summed E-state index contributed by atoms with van der Waals surface area (Å²) in [6.45, 7) is 8.43. The maximum absolute atomic E-state index is 13.4. The molecule has 13 heteroatoms. The van der Waals surface area contributed by atoms with E-state index >= 15 is 0 Å². The van der Waals surface area contributed by atoms with E-state index in [1.165, 1.54) is 18.3 Å². The van der Waals surface area contributed by atoms with Gasteiger partial charge in [-0.25, -0.2) is 18.4 Å². The molecule has 0 atom stereocenters. The Labute approximate surface area is 268 Å². The lowest BCUT2D eigenvalue weighted by Gasteiger charge is -2.32. The van der Waals surface area contributed by atoms with E-state index < -0.39 is 21.5 Å². The zero-order valence-corrected chi connectivity index (χ0v) is 27.1. The monoisotopic (exact) mass is 643 g/mol. The molecule has 1 aliphatic rings. The predicted octanol–water partition coefficient (Wildman–Crippen LogP) is 2.79. The van der Waals surface area contributed by atoms with Crippen LogP contribution in [0.15, 0.2) is 54.7 Å². The Hall–Kier alpha value is -4.61. The Balaban J connectivity index is 1.40. The Morgan fingerprint density at radius 1 is 1.09 bits per heavy atom. The molecule has 1 saturated heterocycles. The highest BCUT2D eigenvalue weighted by Gasteiger charge is 2.22. The number of pyridine rings is 1. The van der Waals surface area contributed by atoms with Gasteiger partial charge in [-0.1, -0.05) is 18.1 Å². The molecule has 2 aromatic heterocycles. The first-order valence-corrected chi connectivity index (χ1v) is 16.6. The fourth-order valence-corrected chi connectivity index (χ4v) is 5.79. The van der Waals surface area contributed by atoms with Crippen molar-refractivity contribution in [2.75, 3.05) is 49.5 Å². The topological polar surface area (TPSA) is 150 Å². The number of imidazole rings is 1. The third-order valence-electron chi connectivity index (χ3n) is 7.45. The molecule has 0 saturated carbocycles. The number of benzene rings is 2. The summed E-state index contributed by atoms with van der Waals surface area (Å²) in [6, 6.07) is 13.7. The number of nitrogens with one attached hydrogen (secondary N) is 2. The molecule has 1 aliphatic heterocycles.